The van der Waals surface area contributed by atoms with Crippen LogP contribution in [0.5, 0.6) is 0 Å². The van der Waals surface area contributed by atoms with E-state index in [0.717, 1.165) is 27.8 Å². The van der Waals surface area contributed by atoms with Gasteiger partial charge >= 0.3 is 5.97 Å². The quantitative estimate of drug-likeness (QED) is 0.368. The lowest BCUT2D eigenvalue weighted by atomic mass is 10.1. The van der Waals surface area contributed by atoms with Crippen molar-refractivity contribution in [2.24, 2.45) is 0 Å². The monoisotopic (exact) mass is 419 g/mol. The maximum absolute atomic E-state index is 12.4. The molecule has 0 fully saturated rings. The molecule has 0 unspecified atom stereocenters. The lowest BCUT2D eigenvalue weighted by molar-refractivity contribution is -0.155. The number of ketones is 1. The largest absolute Gasteiger partial charge is 0.459 e. The van der Waals surface area contributed by atoms with Crippen LogP contribution in [0.25, 0.3) is 27.8 Å². The van der Waals surface area contributed by atoms with Crippen molar-refractivity contribution in [1.29, 1.82) is 0 Å². The van der Waals surface area contributed by atoms with Crippen molar-refractivity contribution in [3.8, 4) is 11.3 Å². The molecule has 4 heterocycles. The van der Waals surface area contributed by atoms with Crippen molar-refractivity contribution < 1.29 is 14.3 Å². The number of hydrogen-bond acceptors (Lipinski definition) is 6. The van der Waals surface area contributed by atoms with Gasteiger partial charge in [0.2, 0.25) is 0 Å². The number of carbonyl (C=O) groups excluding carboxylic acids is 2. The lowest BCUT2D eigenvalue weighted by Gasteiger charge is -2.20. The second kappa shape index (κ2) is 7.30. The van der Waals surface area contributed by atoms with Gasteiger partial charge in [-0.15, -0.1) is 0 Å². The van der Waals surface area contributed by atoms with Gasteiger partial charge in [0.1, 0.15) is 12.1 Å². The number of ether oxygens (including phenoxy) is 1. The first-order valence-corrected chi connectivity index (χ1v) is 10.1. The highest BCUT2D eigenvalue weighted by Crippen LogP contribution is 2.29. The number of esters is 1. The molecular weight excluding hydrogens is 394 g/mol. The normalized spacial score (nSPS) is 11.9. The Hall–Kier alpha value is -3.55. The third-order valence-corrected chi connectivity index (χ3v) is 4.86. The van der Waals surface area contributed by atoms with Gasteiger partial charge in [0.25, 0.3) is 0 Å². The number of Topliss-reactive ketones (excluding diaryl/α,β-unsaturated/α-hetero) is 1. The molecule has 0 saturated heterocycles. The van der Waals surface area contributed by atoms with Crippen LogP contribution in [-0.4, -0.2) is 41.5 Å². The number of nitrogens with zero attached hydrogens (tertiary/aromatic N) is 5. The maximum Gasteiger partial charge on any atom is 0.326 e. The highest BCUT2D eigenvalue weighted by molar-refractivity contribution is 6.08. The van der Waals surface area contributed by atoms with Crippen molar-refractivity contribution in [3.63, 3.8) is 0 Å². The van der Waals surface area contributed by atoms with Gasteiger partial charge < -0.3 is 9.30 Å². The third kappa shape index (κ3) is 4.05. The number of aromatic nitrogens is 5. The minimum Gasteiger partial charge on any atom is -0.459 e. The van der Waals surface area contributed by atoms with E-state index in [1.54, 1.807) is 21.5 Å². The number of aryl methyl sites for hydroxylation is 2. The molecular formula is C23H25N5O3. The van der Waals surface area contributed by atoms with E-state index in [9.17, 15) is 9.59 Å². The van der Waals surface area contributed by atoms with Gasteiger partial charge in [0.15, 0.2) is 11.4 Å². The van der Waals surface area contributed by atoms with Crippen LogP contribution in [-0.2, 0) is 16.1 Å². The first kappa shape index (κ1) is 20.7. The number of fused-ring (bicyclic) bond motifs is 2. The molecule has 0 aromatic carbocycles. The Bertz CT molecular complexity index is 1340. The van der Waals surface area contributed by atoms with Gasteiger partial charge in [0, 0.05) is 41.2 Å². The highest BCUT2D eigenvalue weighted by atomic mass is 16.6. The van der Waals surface area contributed by atoms with Gasteiger partial charge in [-0.2, -0.15) is 5.10 Å². The van der Waals surface area contributed by atoms with E-state index in [4.69, 9.17) is 9.72 Å². The second-order valence-electron chi connectivity index (χ2n) is 8.73. The van der Waals surface area contributed by atoms with Crippen LogP contribution in [0.2, 0.25) is 0 Å². The van der Waals surface area contributed by atoms with Crippen molar-refractivity contribution in [3.05, 3.63) is 47.7 Å². The molecule has 4 aromatic rings. The van der Waals surface area contributed by atoms with Crippen LogP contribution in [0.15, 0.2) is 30.7 Å². The summed E-state index contributed by atoms with van der Waals surface area (Å²) >= 11 is 0. The SMILES string of the molecule is CC(=O)c1cn(CC(=O)OC(C)(C)C)c2c(C)nc(-c3cnc4cc(C)nn4c3)cc12. The van der Waals surface area contributed by atoms with E-state index in [0.29, 0.717) is 17.0 Å². The predicted molar refractivity (Wildman–Crippen MR) is 117 cm³/mol. The van der Waals surface area contributed by atoms with Crippen LogP contribution in [0.1, 0.15) is 49.4 Å². The van der Waals surface area contributed by atoms with Crippen molar-refractivity contribution in [1.82, 2.24) is 24.1 Å². The average molecular weight is 419 g/mol. The summed E-state index contributed by atoms with van der Waals surface area (Å²) < 4.78 is 8.91. The summed E-state index contributed by atoms with van der Waals surface area (Å²) in [5.41, 5.74) is 4.51. The molecule has 8 nitrogen and oxygen atoms in total. The first-order chi connectivity index (χ1) is 14.5. The first-order valence-electron chi connectivity index (χ1n) is 10.1. The molecule has 0 saturated carbocycles. The summed E-state index contributed by atoms with van der Waals surface area (Å²) in [5.74, 6) is -0.451. The molecule has 160 valence electrons. The molecule has 0 aliphatic rings. The standard InChI is InChI=1S/C23H25N5O3/c1-13-7-20-24-9-16(10-28(20)26-13)19-8-17-18(15(3)29)11-27(22(17)14(2)25-19)12-21(30)31-23(4,5)6/h7-11H,12H2,1-6H3. The summed E-state index contributed by atoms with van der Waals surface area (Å²) in [7, 11) is 0. The summed E-state index contributed by atoms with van der Waals surface area (Å²) in [5, 5.41) is 5.16. The molecule has 0 amide bonds. The Balaban J connectivity index is 1.82. The topological polar surface area (TPSA) is 91.4 Å². The van der Waals surface area contributed by atoms with Crippen molar-refractivity contribution in [2.45, 2.75) is 53.7 Å². The molecule has 8 heteroatoms. The Morgan fingerprint density at radius 2 is 1.87 bits per heavy atom. The summed E-state index contributed by atoms with van der Waals surface area (Å²) in [4.78, 5) is 33.9. The van der Waals surface area contributed by atoms with E-state index in [-0.39, 0.29) is 18.3 Å². The van der Waals surface area contributed by atoms with Crippen LogP contribution in [0.4, 0.5) is 0 Å². The van der Waals surface area contributed by atoms with E-state index in [1.165, 1.54) is 6.92 Å². The fraction of sp³-hybridized carbons (Fsp3) is 0.348. The van der Waals surface area contributed by atoms with Crippen LogP contribution in [0.3, 0.4) is 0 Å². The molecule has 0 atom stereocenters. The van der Waals surface area contributed by atoms with Gasteiger partial charge in [-0.25, -0.2) is 9.50 Å². The third-order valence-electron chi connectivity index (χ3n) is 4.86. The predicted octanol–water partition coefficient (Wildman–Crippen LogP) is 3.91. The zero-order valence-electron chi connectivity index (χ0n) is 18.6. The molecule has 0 radical (unpaired) electrons. The fourth-order valence-electron chi connectivity index (χ4n) is 3.72. The van der Waals surface area contributed by atoms with Crippen LogP contribution >= 0.6 is 0 Å². The Labute approximate surface area is 179 Å². The molecule has 4 rings (SSSR count). The Morgan fingerprint density at radius 3 is 2.55 bits per heavy atom. The second-order valence-corrected chi connectivity index (χ2v) is 8.73. The van der Waals surface area contributed by atoms with Crippen molar-refractivity contribution in [2.75, 3.05) is 0 Å². The van der Waals surface area contributed by atoms with E-state index < -0.39 is 5.60 Å². The van der Waals surface area contributed by atoms with Crippen LogP contribution < -0.4 is 0 Å². The van der Waals surface area contributed by atoms with Gasteiger partial charge in [0.05, 0.1) is 22.6 Å². The lowest BCUT2D eigenvalue weighted by Crippen LogP contribution is -2.26. The molecule has 0 aliphatic carbocycles. The summed E-state index contributed by atoms with van der Waals surface area (Å²) in [6.45, 7) is 10.8. The molecule has 0 N–H and O–H groups in total. The minimum atomic E-state index is -0.583. The molecule has 4 aromatic heterocycles. The Morgan fingerprint density at radius 1 is 1.13 bits per heavy atom. The molecule has 0 bridgehead atoms. The maximum atomic E-state index is 12.4. The van der Waals surface area contributed by atoms with E-state index >= 15 is 0 Å². The highest BCUT2D eigenvalue weighted by Gasteiger charge is 2.21. The Kier molecular flexibility index (Phi) is 4.88. The fourth-order valence-corrected chi connectivity index (χ4v) is 3.72. The smallest absolute Gasteiger partial charge is 0.326 e. The van der Waals surface area contributed by atoms with Gasteiger partial charge in [-0.1, -0.05) is 0 Å². The number of rotatable bonds is 4. The van der Waals surface area contributed by atoms with E-state index in [1.807, 2.05) is 52.9 Å². The zero-order valence-corrected chi connectivity index (χ0v) is 18.6. The summed E-state index contributed by atoms with van der Waals surface area (Å²) in [6.07, 6.45) is 5.32. The van der Waals surface area contributed by atoms with Gasteiger partial charge in [-0.05, 0) is 47.6 Å². The van der Waals surface area contributed by atoms with Crippen LogP contribution in [0, 0.1) is 13.8 Å². The number of carbonyl (C=O) groups is 2. The molecule has 0 aliphatic heterocycles. The number of hydrogen-bond donors (Lipinski definition) is 0. The molecule has 0 spiro atoms. The van der Waals surface area contributed by atoms with E-state index in [2.05, 4.69) is 10.1 Å². The average Bonchev–Trinajstić information content (AvgIpc) is 3.19. The summed E-state index contributed by atoms with van der Waals surface area (Å²) in [6, 6.07) is 3.76. The minimum absolute atomic E-state index is 0.00297. The molecule has 31 heavy (non-hydrogen) atoms. The van der Waals surface area contributed by atoms with Gasteiger partial charge in [-0.3, -0.25) is 14.6 Å². The number of pyridine rings is 1. The van der Waals surface area contributed by atoms with Crippen molar-refractivity contribution >= 4 is 28.3 Å². The zero-order chi connectivity index (χ0) is 22.5.